The topological polar surface area (TPSA) is 76.7 Å². The quantitative estimate of drug-likeness (QED) is 0.844. The lowest BCUT2D eigenvalue weighted by molar-refractivity contribution is 0.319. The van der Waals surface area contributed by atoms with Crippen LogP contribution in [-0.4, -0.2) is 32.7 Å². The molecule has 2 aromatic heterocycles. The van der Waals surface area contributed by atoms with Crippen LogP contribution >= 0.6 is 0 Å². The maximum absolute atomic E-state index is 5.39. The molecule has 6 heteroatoms. The number of nitrogens with zero attached hydrogens (tertiary/aromatic N) is 4. The summed E-state index contributed by atoms with van der Waals surface area (Å²) in [4.78, 5) is 12.9. The number of nitrogens with one attached hydrogen (secondary N) is 1. The third kappa shape index (κ3) is 3.85. The Hall–Kier alpha value is -1.82. The van der Waals surface area contributed by atoms with Crippen molar-refractivity contribution >= 4 is 0 Å². The molecule has 0 amide bonds. The molecule has 0 aromatic carbocycles. The monoisotopic (exact) mass is 289 g/mol. The van der Waals surface area contributed by atoms with Gasteiger partial charge in [0.25, 0.3) is 0 Å². The number of aromatic nitrogens is 4. The average Bonchev–Trinajstić information content (AvgIpc) is 2.98. The molecule has 0 saturated heterocycles. The molecule has 2 unspecified atom stereocenters. The Balaban J connectivity index is 2.12. The lowest BCUT2D eigenvalue weighted by atomic mass is 9.99. The highest BCUT2D eigenvalue weighted by Gasteiger charge is 2.23. The van der Waals surface area contributed by atoms with Crippen LogP contribution in [0.5, 0.6) is 0 Å². The molecule has 2 atom stereocenters. The van der Waals surface area contributed by atoms with Crippen molar-refractivity contribution in [2.45, 2.75) is 52.5 Å². The third-order valence-corrected chi connectivity index (χ3v) is 3.51. The third-order valence-electron chi connectivity index (χ3n) is 3.51. The van der Waals surface area contributed by atoms with Crippen molar-refractivity contribution in [3.05, 3.63) is 23.8 Å². The van der Waals surface area contributed by atoms with Gasteiger partial charge in [0.15, 0.2) is 0 Å². The molecule has 6 nitrogen and oxygen atoms in total. The molecule has 0 fully saturated rings. The Kier molecular flexibility index (Phi) is 5.38. The summed E-state index contributed by atoms with van der Waals surface area (Å²) >= 11 is 0. The van der Waals surface area contributed by atoms with Crippen LogP contribution in [0.4, 0.5) is 0 Å². The molecule has 0 bridgehead atoms. The van der Waals surface area contributed by atoms with Crippen LogP contribution < -0.4 is 5.32 Å². The maximum atomic E-state index is 5.39. The minimum Gasteiger partial charge on any atom is -0.339 e. The molecule has 2 rings (SSSR count). The SMILES string of the molecule is CCCNC(CC)C(C)c1nc(-c2ncc(C)cn2)no1. The van der Waals surface area contributed by atoms with Gasteiger partial charge in [0.1, 0.15) is 0 Å². The first-order valence-corrected chi connectivity index (χ1v) is 7.51. The molecule has 1 N–H and O–H groups in total. The first kappa shape index (κ1) is 15.6. The molecule has 0 aliphatic rings. The summed E-state index contributed by atoms with van der Waals surface area (Å²) in [5.74, 6) is 1.73. The van der Waals surface area contributed by atoms with E-state index in [0.717, 1.165) is 24.9 Å². The minimum absolute atomic E-state index is 0.160. The van der Waals surface area contributed by atoms with E-state index < -0.39 is 0 Å². The molecule has 0 spiro atoms. The van der Waals surface area contributed by atoms with E-state index in [9.17, 15) is 0 Å². The Morgan fingerprint density at radius 2 is 1.90 bits per heavy atom. The average molecular weight is 289 g/mol. The first-order valence-electron chi connectivity index (χ1n) is 7.51. The Bertz CT molecular complexity index is 551. The van der Waals surface area contributed by atoms with E-state index in [1.807, 2.05) is 6.92 Å². The van der Waals surface area contributed by atoms with Crippen LogP contribution in [0.25, 0.3) is 11.6 Å². The van der Waals surface area contributed by atoms with Gasteiger partial charge < -0.3 is 9.84 Å². The van der Waals surface area contributed by atoms with Crippen molar-refractivity contribution in [2.75, 3.05) is 6.54 Å². The molecule has 0 saturated carbocycles. The fourth-order valence-corrected chi connectivity index (χ4v) is 2.20. The van der Waals surface area contributed by atoms with Crippen molar-refractivity contribution < 1.29 is 4.52 Å². The van der Waals surface area contributed by atoms with E-state index in [4.69, 9.17) is 4.52 Å². The van der Waals surface area contributed by atoms with Gasteiger partial charge in [0, 0.05) is 18.4 Å². The molecule has 114 valence electrons. The van der Waals surface area contributed by atoms with Gasteiger partial charge in [-0.05, 0) is 31.9 Å². The van der Waals surface area contributed by atoms with E-state index in [0.29, 0.717) is 23.6 Å². The van der Waals surface area contributed by atoms with Crippen molar-refractivity contribution in [3.63, 3.8) is 0 Å². The van der Waals surface area contributed by atoms with E-state index in [1.54, 1.807) is 12.4 Å². The molecule has 0 aliphatic heterocycles. The second-order valence-corrected chi connectivity index (χ2v) is 5.30. The van der Waals surface area contributed by atoms with Crippen LogP contribution in [0, 0.1) is 6.92 Å². The summed E-state index contributed by atoms with van der Waals surface area (Å²) in [6.45, 7) is 9.35. The molecule has 0 radical (unpaired) electrons. The molecular formula is C15H23N5O. The second kappa shape index (κ2) is 7.26. The molecule has 2 heterocycles. The zero-order valence-electron chi connectivity index (χ0n) is 13.1. The highest BCUT2D eigenvalue weighted by Crippen LogP contribution is 2.21. The maximum Gasteiger partial charge on any atom is 0.240 e. The first-order chi connectivity index (χ1) is 10.2. The van der Waals surface area contributed by atoms with Gasteiger partial charge in [-0.3, -0.25) is 0 Å². The van der Waals surface area contributed by atoms with E-state index >= 15 is 0 Å². The van der Waals surface area contributed by atoms with Crippen LogP contribution in [0.15, 0.2) is 16.9 Å². The molecule has 2 aromatic rings. The summed E-state index contributed by atoms with van der Waals surface area (Å²) in [5.41, 5.74) is 1.01. The van der Waals surface area contributed by atoms with E-state index in [2.05, 4.69) is 46.2 Å². The summed E-state index contributed by atoms with van der Waals surface area (Å²) in [7, 11) is 0. The van der Waals surface area contributed by atoms with Gasteiger partial charge in [0.2, 0.25) is 17.5 Å². The van der Waals surface area contributed by atoms with Gasteiger partial charge in [-0.25, -0.2) is 9.97 Å². The summed E-state index contributed by atoms with van der Waals surface area (Å²) < 4.78 is 5.39. The predicted molar refractivity (Wildman–Crippen MR) is 80.8 cm³/mol. The summed E-state index contributed by atoms with van der Waals surface area (Å²) in [6.07, 6.45) is 5.62. The minimum atomic E-state index is 0.160. The van der Waals surface area contributed by atoms with E-state index in [1.165, 1.54) is 0 Å². The number of hydrogen-bond donors (Lipinski definition) is 1. The Morgan fingerprint density at radius 1 is 1.19 bits per heavy atom. The van der Waals surface area contributed by atoms with Gasteiger partial charge in [-0.15, -0.1) is 0 Å². The van der Waals surface area contributed by atoms with Crippen LogP contribution in [0.2, 0.25) is 0 Å². The molecule has 21 heavy (non-hydrogen) atoms. The lowest BCUT2D eigenvalue weighted by Crippen LogP contribution is -2.33. The fourth-order valence-electron chi connectivity index (χ4n) is 2.20. The van der Waals surface area contributed by atoms with Crippen molar-refractivity contribution in [2.24, 2.45) is 0 Å². The zero-order chi connectivity index (χ0) is 15.2. The Labute approximate surface area is 125 Å². The molecular weight excluding hydrogens is 266 g/mol. The molecule has 0 aliphatic carbocycles. The zero-order valence-corrected chi connectivity index (χ0v) is 13.1. The highest BCUT2D eigenvalue weighted by atomic mass is 16.5. The fraction of sp³-hybridized carbons (Fsp3) is 0.600. The standard InChI is InChI=1S/C15H23N5O/c1-5-7-16-12(6-2)11(4)15-19-14(20-21-15)13-17-8-10(3)9-18-13/h8-9,11-12,16H,5-7H2,1-4H3. The van der Waals surface area contributed by atoms with E-state index in [-0.39, 0.29) is 5.92 Å². The van der Waals surface area contributed by atoms with Crippen molar-refractivity contribution in [1.29, 1.82) is 0 Å². The van der Waals surface area contributed by atoms with Crippen LogP contribution in [0.3, 0.4) is 0 Å². The lowest BCUT2D eigenvalue weighted by Gasteiger charge is -2.20. The second-order valence-electron chi connectivity index (χ2n) is 5.30. The van der Waals surface area contributed by atoms with Gasteiger partial charge in [-0.2, -0.15) is 4.98 Å². The van der Waals surface area contributed by atoms with Gasteiger partial charge in [0.05, 0.1) is 5.92 Å². The normalized spacial score (nSPS) is 14.1. The predicted octanol–water partition coefficient (Wildman–Crippen LogP) is 2.72. The number of rotatable bonds is 7. The van der Waals surface area contributed by atoms with Gasteiger partial charge >= 0.3 is 0 Å². The van der Waals surface area contributed by atoms with Crippen molar-refractivity contribution in [3.8, 4) is 11.6 Å². The van der Waals surface area contributed by atoms with Crippen LogP contribution in [-0.2, 0) is 0 Å². The van der Waals surface area contributed by atoms with Gasteiger partial charge in [-0.1, -0.05) is 25.9 Å². The summed E-state index contributed by atoms with van der Waals surface area (Å²) in [6, 6.07) is 0.331. The highest BCUT2D eigenvalue weighted by molar-refractivity contribution is 5.41. The summed E-state index contributed by atoms with van der Waals surface area (Å²) in [5, 5.41) is 7.51. The van der Waals surface area contributed by atoms with Crippen molar-refractivity contribution in [1.82, 2.24) is 25.4 Å². The number of hydrogen-bond acceptors (Lipinski definition) is 6. The number of aryl methyl sites for hydroxylation is 1. The van der Waals surface area contributed by atoms with Crippen LogP contribution in [0.1, 0.15) is 51.0 Å². The largest absolute Gasteiger partial charge is 0.339 e. The smallest absolute Gasteiger partial charge is 0.240 e. The Morgan fingerprint density at radius 3 is 2.52 bits per heavy atom.